The van der Waals surface area contributed by atoms with E-state index in [4.69, 9.17) is 9.47 Å². The maximum atomic E-state index is 11.9. The molecule has 1 heterocycles. The Hall–Kier alpha value is -4.30. The van der Waals surface area contributed by atoms with Crippen LogP contribution in [0.1, 0.15) is 32.0 Å². The van der Waals surface area contributed by atoms with Gasteiger partial charge in [-0.25, -0.2) is 4.79 Å². The summed E-state index contributed by atoms with van der Waals surface area (Å²) >= 11 is 1.07. The molecule has 0 radical (unpaired) electrons. The van der Waals surface area contributed by atoms with E-state index in [-0.39, 0.29) is 12.5 Å². The minimum Gasteiger partial charge on any atom is -0.492 e. The largest absolute Gasteiger partial charge is 0.492 e. The standard InChI is InChI=1S/C26H30N6O4S/c1-16(2)19(6)35-12-10-32(11-13-36-26(34)17(3)4)21-8-9-23(24(14-21)28-20(7)33)29-30-25-22(15-27)18(5)31-37-25/h8-9,14H,1,3,6,10-13H2,2,4-5,7H3,(H,28,33). The Kier molecular flexibility index (Phi) is 10.7. The van der Waals surface area contributed by atoms with E-state index < -0.39 is 5.97 Å². The van der Waals surface area contributed by atoms with Gasteiger partial charge < -0.3 is 19.7 Å². The molecular weight excluding hydrogens is 492 g/mol. The summed E-state index contributed by atoms with van der Waals surface area (Å²) < 4.78 is 15.1. The van der Waals surface area contributed by atoms with E-state index in [9.17, 15) is 14.9 Å². The summed E-state index contributed by atoms with van der Waals surface area (Å²) in [5.74, 6) is -0.280. The third-order valence-corrected chi connectivity index (χ3v) is 5.74. The minimum atomic E-state index is -0.475. The average molecular weight is 523 g/mol. The first kappa shape index (κ1) is 28.9. The molecule has 1 aromatic carbocycles. The zero-order valence-electron chi connectivity index (χ0n) is 21.5. The van der Waals surface area contributed by atoms with Gasteiger partial charge in [0.1, 0.15) is 36.3 Å². The highest BCUT2D eigenvalue weighted by atomic mass is 32.1. The van der Waals surface area contributed by atoms with E-state index in [0.717, 1.165) is 22.8 Å². The van der Waals surface area contributed by atoms with E-state index in [1.165, 1.54) is 6.92 Å². The number of hydrogen-bond donors (Lipinski definition) is 1. The monoisotopic (exact) mass is 522 g/mol. The van der Waals surface area contributed by atoms with Crippen molar-refractivity contribution in [1.29, 1.82) is 5.26 Å². The number of aromatic nitrogens is 1. The molecule has 2 aromatic rings. The number of azo groups is 1. The number of amides is 1. The lowest BCUT2D eigenvalue weighted by atomic mass is 10.2. The number of nitrogens with one attached hydrogen (secondary N) is 1. The predicted octanol–water partition coefficient (Wildman–Crippen LogP) is 5.73. The van der Waals surface area contributed by atoms with Gasteiger partial charge in [0.2, 0.25) is 5.91 Å². The molecule has 0 unspecified atom stereocenters. The molecule has 0 atom stereocenters. The van der Waals surface area contributed by atoms with Crippen LogP contribution in [0.2, 0.25) is 0 Å². The Morgan fingerprint density at radius 3 is 2.38 bits per heavy atom. The smallest absolute Gasteiger partial charge is 0.333 e. The molecule has 194 valence electrons. The molecule has 1 amide bonds. The molecule has 1 aromatic heterocycles. The number of rotatable bonds is 13. The average Bonchev–Trinajstić information content (AvgIpc) is 3.20. The third-order valence-electron chi connectivity index (χ3n) is 4.92. The number of hydrogen-bond acceptors (Lipinski definition) is 10. The van der Waals surface area contributed by atoms with Gasteiger partial charge in [0.15, 0.2) is 5.00 Å². The first-order chi connectivity index (χ1) is 17.5. The normalized spacial score (nSPS) is 10.5. The number of allylic oxidation sites excluding steroid dienone is 1. The number of nitrogens with zero attached hydrogens (tertiary/aromatic N) is 5. The fourth-order valence-electron chi connectivity index (χ4n) is 2.90. The van der Waals surface area contributed by atoms with E-state index in [0.29, 0.717) is 58.7 Å². The highest BCUT2D eigenvalue weighted by molar-refractivity contribution is 7.10. The van der Waals surface area contributed by atoms with Crippen molar-refractivity contribution in [3.8, 4) is 6.07 Å². The maximum Gasteiger partial charge on any atom is 0.333 e. The summed E-state index contributed by atoms with van der Waals surface area (Å²) in [5, 5.41) is 20.9. The molecule has 0 saturated heterocycles. The van der Waals surface area contributed by atoms with Gasteiger partial charge in [-0.15, -0.1) is 10.2 Å². The number of esters is 1. The van der Waals surface area contributed by atoms with Crippen molar-refractivity contribution in [3.05, 3.63) is 66.1 Å². The molecule has 37 heavy (non-hydrogen) atoms. The Bertz CT molecular complexity index is 1240. The first-order valence-electron chi connectivity index (χ1n) is 11.3. The van der Waals surface area contributed by atoms with Crippen molar-refractivity contribution in [3.63, 3.8) is 0 Å². The Labute approximate surface area is 220 Å². The molecule has 0 bridgehead atoms. The van der Waals surface area contributed by atoms with E-state index in [2.05, 4.69) is 45.7 Å². The van der Waals surface area contributed by atoms with E-state index in [1.807, 2.05) is 4.90 Å². The van der Waals surface area contributed by atoms with Crippen LogP contribution in [0.5, 0.6) is 0 Å². The number of benzene rings is 1. The highest BCUT2D eigenvalue weighted by Gasteiger charge is 2.14. The lowest BCUT2D eigenvalue weighted by Crippen LogP contribution is -2.31. The molecule has 0 aliphatic rings. The predicted molar refractivity (Wildman–Crippen MR) is 144 cm³/mol. The van der Waals surface area contributed by atoms with Gasteiger partial charge in [0.05, 0.1) is 24.5 Å². The van der Waals surface area contributed by atoms with Crippen LogP contribution in [0.4, 0.5) is 22.1 Å². The van der Waals surface area contributed by atoms with Crippen molar-refractivity contribution >= 4 is 45.5 Å². The van der Waals surface area contributed by atoms with Gasteiger partial charge in [0, 0.05) is 18.2 Å². The van der Waals surface area contributed by atoms with Crippen molar-refractivity contribution in [2.75, 3.05) is 36.5 Å². The molecule has 11 heteroatoms. The highest BCUT2D eigenvalue weighted by Crippen LogP contribution is 2.34. The first-order valence-corrected chi connectivity index (χ1v) is 12.1. The lowest BCUT2D eigenvalue weighted by molar-refractivity contribution is -0.138. The molecule has 10 nitrogen and oxygen atoms in total. The number of aryl methyl sites for hydroxylation is 1. The van der Waals surface area contributed by atoms with Gasteiger partial charge >= 0.3 is 5.97 Å². The summed E-state index contributed by atoms with van der Waals surface area (Å²) in [5.41, 5.74) is 3.52. The summed E-state index contributed by atoms with van der Waals surface area (Å²) in [6, 6.07) is 7.32. The number of carbonyl (C=O) groups is 2. The van der Waals surface area contributed by atoms with Crippen molar-refractivity contribution in [2.45, 2.75) is 27.7 Å². The van der Waals surface area contributed by atoms with Crippen LogP contribution >= 0.6 is 11.5 Å². The van der Waals surface area contributed by atoms with E-state index >= 15 is 0 Å². The molecule has 0 spiro atoms. The number of anilines is 2. The molecule has 0 fully saturated rings. The quantitative estimate of drug-likeness (QED) is 0.117. The topological polar surface area (TPSA) is 129 Å². The second-order valence-corrected chi connectivity index (χ2v) is 8.85. The minimum absolute atomic E-state index is 0.117. The van der Waals surface area contributed by atoms with Crippen LogP contribution < -0.4 is 10.2 Å². The van der Waals surface area contributed by atoms with Crippen molar-refractivity contribution in [1.82, 2.24) is 4.37 Å². The van der Waals surface area contributed by atoms with Gasteiger partial charge in [-0.2, -0.15) is 9.64 Å². The SMILES string of the molecule is C=C(C)C(=C)OCCN(CCOC(=O)C(=C)C)c1ccc(N=Nc2snc(C)c2C#N)c(NC(C)=O)c1. The van der Waals surface area contributed by atoms with Gasteiger partial charge in [-0.05, 0) is 56.1 Å². The summed E-state index contributed by atoms with van der Waals surface area (Å²) in [6.45, 7) is 18.9. The zero-order chi connectivity index (χ0) is 27.5. The molecular formula is C26H30N6O4S. The fraction of sp³-hybridized carbons (Fsp3) is 0.308. The number of nitriles is 1. The zero-order valence-corrected chi connectivity index (χ0v) is 22.3. The summed E-state index contributed by atoms with van der Waals surface area (Å²) in [4.78, 5) is 25.6. The van der Waals surface area contributed by atoms with Crippen LogP contribution in [0.25, 0.3) is 0 Å². The fourth-order valence-corrected chi connectivity index (χ4v) is 3.57. The second kappa shape index (κ2) is 13.7. The summed E-state index contributed by atoms with van der Waals surface area (Å²) in [7, 11) is 0. The van der Waals surface area contributed by atoms with Crippen LogP contribution in [0, 0.1) is 18.3 Å². The van der Waals surface area contributed by atoms with Gasteiger partial charge in [-0.1, -0.05) is 19.7 Å². The third kappa shape index (κ3) is 8.70. The van der Waals surface area contributed by atoms with Crippen LogP contribution in [-0.4, -0.2) is 42.6 Å². The van der Waals surface area contributed by atoms with Crippen molar-refractivity contribution < 1.29 is 19.1 Å². The lowest BCUT2D eigenvalue weighted by Gasteiger charge is -2.26. The summed E-state index contributed by atoms with van der Waals surface area (Å²) in [6.07, 6.45) is 0. The van der Waals surface area contributed by atoms with Gasteiger partial charge in [-0.3, -0.25) is 4.79 Å². The molecule has 0 saturated carbocycles. The Morgan fingerprint density at radius 1 is 1.11 bits per heavy atom. The Balaban J connectivity index is 2.33. The second-order valence-electron chi connectivity index (χ2n) is 8.10. The molecule has 2 rings (SSSR count). The van der Waals surface area contributed by atoms with Crippen LogP contribution in [0.15, 0.2) is 65.1 Å². The molecule has 0 aliphatic carbocycles. The molecule has 1 N–H and O–H groups in total. The maximum absolute atomic E-state index is 11.9. The Morgan fingerprint density at radius 2 is 1.78 bits per heavy atom. The van der Waals surface area contributed by atoms with Crippen molar-refractivity contribution in [2.24, 2.45) is 10.2 Å². The molecule has 0 aliphatic heterocycles. The van der Waals surface area contributed by atoms with Crippen LogP contribution in [-0.2, 0) is 19.1 Å². The number of ether oxygens (including phenoxy) is 2. The van der Waals surface area contributed by atoms with E-state index in [1.54, 1.807) is 39.0 Å². The number of carbonyl (C=O) groups excluding carboxylic acids is 2. The van der Waals surface area contributed by atoms with Crippen LogP contribution in [0.3, 0.4) is 0 Å². The van der Waals surface area contributed by atoms with Gasteiger partial charge in [0.25, 0.3) is 0 Å².